The summed E-state index contributed by atoms with van der Waals surface area (Å²) in [5.74, 6) is 2.11. The van der Waals surface area contributed by atoms with E-state index in [9.17, 15) is 0 Å². The second kappa shape index (κ2) is 4.68. The molecule has 3 rings (SSSR count). The third-order valence-corrected chi connectivity index (χ3v) is 5.26. The van der Waals surface area contributed by atoms with Gasteiger partial charge in [-0.1, -0.05) is 38.5 Å². The lowest BCUT2D eigenvalue weighted by Crippen LogP contribution is -2.48. The molecule has 3 aliphatic rings. The average Bonchev–Trinajstić information content (AvgIpc) is 3.05. The first kappa shape index (κ1) is 11.1. The van der Waals surface area contributed by atoms with Crippen LogP contribution in [-0.2, 0) is 0 Å². The summed E-state index contributed by atoms with van der Waals surface area (Å²) in [6.45, 7) is 1.29. The summed E-state index contributed by atoms with van der Waals surface area (Å²) in [5.41, 5.74) is 0.589. The maximum atomic E-state index is 3.98. The molecule has 0 aromatic heterocycles. The number of hydrogen-bond donors (Lipinski definition) is 1. The molecule has 0 radical (unpaired) electrons. The van der Waals surface area contributed by atoms with Crippen LogP contribution in [0.25, 0.3) is 0 Å². The first-order valence-electron chi connectivity index (χ1n) is 7.64. The minimum atomic E-state index is 0.589. The van der Waals surface area contributed by atoms with E-state index in [1.165, 1.54) is 77.2 Å². The minimum absolute atomic E-state index is 0.589. The quantitative estimate of drug-likeness (QED) is 0.762. The van der Waals surface area contributed by atoms with Crippen LogP contribution < -0.4 is 5.32 Å². The van der Waals surface area contributed by atoms with E-state index < -0.39 is 0 Å². The highest BCUT2D eigenvalue weighted by molar-refractivity contribution is 5.03. The smallest absolute Gasteiger partial charge is 0.0212 e. The van der Waals surface area contributed by atoms with Crippen LogP contribution in [0.4, 0.5) is 0 Å². The Balaban J connectivity index is 1.67. The number of nitrogens with one attached hydrogen (secondary N) is 1. The van der Waals surface area contributed by atoms with Crippen LogP contribution in [0.2, 0.25) is 0 Å². The van der Waals surface area contributed by atoms with Gasteiger partial charge in [-0.15, -0.1) is 0 Å². The molecule has 1 N–H and O–H groups in total. The van der Waals surface area contributed by atoms with Gasteiger partial charge in [0.15, 0.2) is 0 Å². The third kappa shape index (κ3) is 2.30. The molecular weight excluding hydrogens is 194 g/mol. The predicted molar refractivity (Wildman–Crippen MR) is 68.5 cm³/mol. The Kier molecular flexibility index (Phi) is 3.24. The molecule has 0 amide bonds. The van der Waals surface area contributed by atoms with Crippen molar-refractivity contribution in [2.45, 2.75) is 76.2 Å². The Morgan fingerprint density at radius 1 is 0.875 bits per heavy atom. The predicted octanol–water partition coefficient (Wildman–Crippen LogP) is 3.88. The van der Waals surface area contributed by atoms with Gasteiger partial charge in [0.25, 0.3) is 0 Å². The summed E-state index contributed by atoms with van der Waals surface area (Å²) in [7, 11) is 0. The van der Waals surface area contributed by atoms with E-state index in [-0.39, 0.29) is 0 Å². The number of hydrogen-bond acceptors (Lipinski definition) is 1. The fourth-order valence-corrected chi connectivity index (χ4v) is 4.22. The lowest BCUT2D eigenvalue weighted by Gasteiger charge is -2.37. The van der Waals surface area contributed by atoms with Gasteiger partial charge in [0.1, 0.15) is 0 Å². The largest absolute Gasteiger partial charge is 0.311 e. The summed E-state index contributed by atoms with van der Waals surface area (Å²) in [4.78, 5) is 0. The van der Waals surface area contributed by atoms with E-state index in [0.717, 1.165) is 11.8 Å². The summed E-state index contributed by atoms with van der Waals surface area (Å²) < 4.78 is 0. The molecule has 1 heterocycles. The summed E-state index contributed by atoms with van der Waals surface area (Å²) in [6, 6.07) is 0. The van der Waals surface area contributed by atoms with Crippen LogP contribution in [0.1, 0.15) is 70.6 Å². The average molecular weight is 221 g/mol. The van der Waals surface area contributed by atoms with Crippen molar-refractivity contribution in [3.05, 3.63) is 0 Å². The van der Waals surface area contributed by atoms with Crippen LogP contribution in [-0.4, -0.2) is 12.1 Å². The molecule has 1 unspecified atom stereocenters. The SMILES string of the molecule is C1CCNC(CC2CCCC2)(C2CC2)CC1. The van der Waals surface area contributed by atoms with Crippen LogP contribution in [0, 0.1) is 11.8 Å². The topological polar surface area (TPSA) is 12.0 Å². The van der Waals surface area contributed by atoms with Crippen molar-refractivity contribution in [1.29, 1.82) is 0 Å². The van der Waals surface area contributed by atoms with Crippen LogP contribution in [0.5, 0.6) is 0 Å². The second-order valence-corrected chi connectivity index (χ2v) is 6.52. The molecule has 92 valence electrons. The van der Waals surface area contributed by atoms with Gasteiger partial charge in [0.05, 0.1) is 0 Å². The lowest BCUT2D eigenvalue weighted by atomic mass is 9.79. The molecular formula is C15H27N. The molecule has 0 aromatic rings. The van der Waals surface area contributed by atoms with Gasteiger partial charge < -0.3 is 5.32 Å². The normalized spacial score (nSPS) is 37.5. The monoisotopic (exact) mass is 221 g/mol. The molecule has 0 bridgehead atoms. The Labute approximate surface area is 100 Å². The van der Waals surface area contributed by atoms with E-state index in [1.807, 2.05) is 0 Å². The standard InChI is InChI=1S/C15H27N/c1-4-10-15(14-8-9-14,16-11-5-1)12-13-6-2-3-7-13/h13-14,16H,1-12H2. The van der Waals surface area contributed by atoms with E-state index in [4.69, 9.17) is 0 Å². The van der Waals surface area contributed by atoms with Gasteiger partial charge in [-0.3, -0.25) is 0 Å². The van der Waals surface area contributed by atoms with Crippen LogP contribution in [0.15, 0.2) is 0 Å². The molecule has 2 aliphatic carbocycles. The van der Waals surface area contributed by atoms with Gasteiger partial charge in [-0.05, 0) is 50.5 Å². The van der Waals surface area contributed by atoms with Crippen LogP contribution in [0.3, 0.4) is 0 Å². The van der Waals surface area contributed by atoms with Crippen molar-refractivity contribution in [1.82, 2.24) is 5.32 Å². The van der Waals surface area contributed by atoms with Gasteiger partial charge in [-0.25, -0.2) is 0 Å². The van der Waals surface area contributed by atoms with E-state index in [2.05, 4.69) is 5.32 Å². The van der Waals surface area contributed by atoms with Crippen LogP contribution >= 0.6 is 0 Å². The molecule has 1 atom stereocenters. The fourth-order valence-electron chi connectivity index (χ4n) is 4.22. The van der Waals surface area contributed by atoms with Crippen molar-refractivity contribution in [3.63, 3.8) is 0 Å². The van der Waals surface area contributed by atoms with Gasteiger partial charge in [0, 0.05) is 5.54 Å². The van der Waals surface area contributed by atoms with E-state index in [1.54, 1.807) is 0 Å². The van der Waals surface area contributed by atoms with Gasteiger partial charge >= 0.3 is 0 Å². The van der Waals surface area contributed by atoms with Crippen molar-refractivity contribution in [2.75, 3.05) is 6.54 Å². The van der Waals surface area contributed by atoms with E-state index in [0.29, 0.717) is 5.54 Å². The first-order chi connectivity index (χ1) is 7.89. The fraction of sp³-hybridized carbons (Fsp3) is 1.00. The Bertz CT molecular complexity index is 218. The molecule has 0 aromatic carbocycles. The lowest BCUT2D eigenvalue weighted by molar-refractivity contribution is 0.213. The molecule has 1 saturated heterocycles. The highest BCUT2D eigenvalue weighted by Crippen LogP contribution is 2.48. The molecule has 1 heteroatoms. The minimum Gasteiger partial charge on any atom is -0.311 e. The van der Waals surface area contributed by atoms with Crippen molar-refractivity contribution >= 4 is 0 Å². The number of rotatable bonds is 3. The second-order valence-electron chi connectivity index (χ2n) is 6.52. The Morgan fingerprint density at radius 2 is 1.69 bits per heavy atom. The summed E-state index contributed by atoms with van der Waals surface area (Å²) in [5, 5.41) is 3.98. The first-order valence-corrected chi connectivity index (χ1v) is 7.64. The molecule has 1 aliphatic heterocycles. The molecule has 1 nitrogen and oxygen atoms in total. The molecule has 2 saturated carbocycles. The maximum absolute atomic E-state index is 3.98. The maximum Gasteiger partial charge on any atom is 0.0212 e. The van der Waals surface area contributed by atoms with Crippen molar-refractivity contribution in [2.24, 2.45) is 11.8 Å². The van der Waals surface area contributed by atoms with E-state index >= 15 is 0 Å². The van der Waals surface area contributed by atoms with Gasteiger partial charge in [0.2, 0.25) is 0 Å². The highest BCUT2D eigenvalue weighted by atomic mass is 15.0. The van der Waals surface area contributed by atoms with Crippen molar-refractivity contribution in [3.8, 4) is 0 Å². The molecule has 3 fully saturated rings. The third-order valence-electron chi connectivity index (χ3n) is 5.26. The Morgan fingerprint density at radius 3 is 2.44 bits per heavy atom. The Hall–Kier alpha value is -0.0400. The molecule has 0 spiro atoms. The zero-order valence-electron chi connectivity index (χ0n) is 10.6. The highest BCUT2D eigenvalue weighted by Gasteiger charge is 2.45. The van der Waals surface area contributed by atoms with Crippen molar-refractivity contribution < 1.29 is 0 Å². The summed E-state index contributed by atoms with van der Waals surface area (Å²) >= 11 is 0. The molecule has 16 heavy (non-hydrogen) atoms. The summed E-state index contributed by atoms with van der Waals surface area (Å²) in [6.07, 6.45) is 16.4. The zero-order chi connectivity index (χ0) is 10.8. The van der Waals surface area contributed by atoms with Gasteiger partial charge in [-0.2, -0.15) is 0 Å². The zero-order valence-corrected chi connectivity index (χ0v) is 10.6.